The number of benzene rings is 2. The van der Waals surface area contributed by atoms with Gasteiger partial charge in [0.05, 0.1) is 23.5 Å². The third kappa shape index (κ3) is 2.59. The SMILES string of the molecule is Cn1cnc2cc(C(O)CN3CCCc4ccccc43)ccc21. The van der Waals surface area contributed by atoms with E-state index in [1.54, 1.807) is 0 Å². The Hall–Kier alpha value is -2.33. The summed E-state index contributed by atoms with van der Waals surface area (Å²) in [6.07, 6.45) is 3.57. The van der Waals surface area contributed by atoms with Gasteiger partial charge in [0.15, 0.2) is 0 Å². The van der Waals surface area contributed by atoms with E-state index < -0.39 is 6.10 Å². The van der Waals surface area contributed by atoms with Crippen molar-refractivity contribution >= 4 is 16.7 Å². The van der Waals surface area contributed by atoms with Crippen LogP contribution in [0.5, 0.6) is 0 Å². The molecule has 1 N–H and O–H groups in total. The molecule has 23 heavy (non-hydrogen) atoms. The summed E-state index contributed by atoms with van der Waals surface area (Å²) in [5.74, 6) is 0. The monoisotopic (exact) mass is 307 g/mol. The predicted octanol–water partition coefficient (Wildman–Crippen LogP) is 3.06. The van der Waals surface area contributed by atoms with Gasteiger partial charge in [-0.1, -0.05) is 24.3 Å². The number of rotatable bonds is 3. The minimum atomic E-state index is -0.507. The highest BCUT2D eigenvalue weighted by Crippen LogP contribution is 2.29. The number of hydrogen-bond acceptors (Lipinski definition) is 3. The van der Waals surface area contributed by atoms with Crippen LogP contribution in [-0.4, -0.2) is 27.7 Å². The zero-order valence-corrected chi connectivity index (χ0v) is 13.3. The normalized spacial score (nSPS) is 15.7. The van der Waals surface area contributed by atoms with E-state index in [0.717, 1.165) is 36.0 Å². The molecule has 0 saturated heterocycles. The Bertz CT molecular complexity index is 840. The van der Waals surface area contributed by atoms with Crippen LogP contribution in [0.25, 0.3) is 11.0 Å². The van der Waals surface area contributed by atoms with Gasteiger partial charge in [-0.15, -0.1) is 0 Å². The summed E-state index contributed by atoms with van der Waals surface area (Å²) in [6.45, 7) is 1.62. The van der Waals surface area contributed by atoms with Gasteiger partial charge < -0.3 is 14.6 Å². The van der Waals surface area contributed by atoms with Crippen molar-refractivity contribution in [1.82, 2.24) is 9.55 Å². The van der Waals surface area contributed by atoms with Crippen LogP contribution in [-0.2, 0) is 13.5 Å². The minimum absolute atomic E-state index is 0.507. The van der Waals surface area contributed by atoms with Crippen molar-refractivity contribution in [2.24, 2.45) is 7.05 Å². The lowest BCUT2D eigenvalue weighted by atomic mass is 10.0. The van der Waals surface area contributed by atoms with Gasteiger partial charge in [-0.3, -0.25) is 0 Å². The third-order valence-electron chi connectivity index (χ3n) is 4.73. The summed E-state index contributed by atoms with van der Waals surface area (Å²) >= 11 is 0. The van der Waals surface area contributed by atoms with Crippen LogP contribution < -0.4 is 4.90 Å². The van der Waals surface area contributed by atoms with Crippen LogP contribution in [0, 0.1) is 0 Å². The topological polar surface area (TPSA) is 41.3 Å². The number of fused-ring (bicyclic) bond motifs is 2. The van der Waals surface area contributed by atoms with Crippen molar-refractivity contribution < 1.29 is 5.11 Å². The highest BCUT2D eigenvalue weighted by Gasteiger charge is 2.20. The maximum Gasteiger partial charge on any atom is 0.0965 e. The first-order valence-corrected chi connectivity index (χ1v) is 8.14. The largest absolute Gasteiger partial charge is 0.387 e. The van der Waals surface area contributed by atoms with Crippen molar-refractivity contribution in [1.29, 1.82) is 0 Å². The lowest BCUT2D eigenvalue weighted by Gasteiger charge is -2.33. The average molecular weight is 307 g/mol. The molecule has 4 heteroatoms. The second kappa shape index (κ2) is 5.70. The maximum atomic E-state index is 10.7. The Morgan fingerprint density at radius 1 is 1.22 bits per heavy atom. The number of anilines is 1. The number of β-amino-alcohol motifs (C(OH)–C–C–N with tert-alkyl or cyclic N) is 1. The summed E-state index contributed by atoms with van der Waals surface area (Å²) in [5.41, 5.74) is 5.59. The van der Waals surface area contributed by atoms with Crippen LogP contribution in [0.4, 0.5) is 5.69 Å². The molecule has 0 fully saturated rings. The summed E-state index contributed by atoms with van der Waals surface area (Å²) in [7, 11) is 1.98. The van der Waals surface area contributed by atoms with E-state index in [2.05, 4.69) is 34.1 Å². The molecule has 0 amide bonds. The van der Waals surface area contributed by atoms with Crippen molar-refractivity contribution in [2.75, 3.05) is 18.0 Å². The quantitative estimate of drug-likeness (QED) is 0.808. The average Bonchev–Trinajstić information content (AvgIpc) is 2.96. The van der Waals surface area contributed by atoms with E-state index in [-0.39, 0.29) is 0 Å². The summed E-state index contributed by atoms with van der Waals surface area (Å²) < 4.78 is 1.99. The van der Waals surface area contributed by atoms with E-state index in [1.807, 2.05) is 36.1 Å². The molecule has 2 aromatic carbocycles. The molecule has 0 aliphatic carbocycles. The van der Waals surface area contributed by atoms with Crippen molar-refractivity contribution in [3.05, 3.63) is 59.9 Å². The van der Waals surface area contributed by atoms with Gasteiger partial charge in [0, 0.05) is 25.8 Å². The molecule has 0 saturated carbocycles. The van der Waals surface area contributed by atoms with Crippen LogP contribution in [0.15, 0.2) is 48.8 Å². The van der Waals surface area contributed by atoms with Crippen LogP contribution >= 0.6 is 0 Å². The first-order valence-electron chi connectivity index (χ1n) is 8.14. The lowest BCUT2D eigenvalue weighted by molar-refractivity contribution is 0.183. The molecule has 1 atom stereocenters. The van der Waals surface area contributed by atoms with Crippen LogP contribution in [0.1, 0.15) is 23.7 Å². The Morgan fingerprint density at radius 3 is 3.00 bits per heavy atom. The zero-order valence-electron chi connectivity index (χ0n) is 13.3. The Balaban J connectivity index is 1.58. The van der Waals surface area contributed by atoms with Gasteiger partial charge in [0.1, 0.15) is 0 Å². The molecule has 0 radical (unpaired) electrons. The van der Waals surface area contributed by atoms with Crippen LogP contribution in [0.3, 0.4) is 0 Å². The van der Waals surface area contributed by atoms with E-state index in [9.17, 15) is 5.11 Å². The maximum absolute atomic E-state index is 10.7. The van der Waals surface area contributed by atoms with Gasteiger partial charge in [-0.05, 0) is 42.2 Å². The Morgan fingerprint density at radius 2 is 2.09 bits per heavy atom. The summed E-state index contributed by atoms with van der Waals surface area (Å²) in [4.78, 5) is 6.68. The second-order valence-corrected chi connectivity index (χ2v) is 6.30. The lowest BCUT2D eigenvalue weighted by Crippen LogP contribution is -2.33. The molecule has 0 spiro atoms. The van der Waals surface area contributed by atoms with Crippen molar-refractivity contribution in [2.45, 2.75) is 18.9 Å². The molecule has 1 aliphatic heterocycles. The molecule has 1 aromatic heterocycles. The molecule has 4 rings (SSSR count). The van der Waals surface area contributed by atoms with Gasteiger partial charge >= 0.3 is 0 Å². The summed E-state index contributed by atoms with van der Waals surface area (Å²) in [5, 5.41) is 10.7. The molecule has 1 unspecified atom stereocenters. The predicted molar refractivity (Wildman–Crippen MR) is 92.6 cm³/mol. The summed E-state index contributed by atoms with van der Waals surface area (Å²) in [6, 6.07) is 14.5. The van der Waals surface area contributed by atoms with Gasteiger partial charge in [-0.25, -0.2) is 4.98 Å². The van der Waals surface area contributed by atoms with Crippen molar-refractivity contribution in [3.8, 4) is 0 Å². The Kier molecular flexibility index (Phi) is 3.54. The van der Waals surface area contributed by atoms with E-state index in [4.69, 9.17) is 0 Å². The number of hydrogen-bond donors (Lipinski definition) is 1. The number of imidazole rings is 1. The molecular weight excluding hydrogens is 286 g/mol. The molecule has 4 nitrogen and oxygen atoms in total. The first kappa shape index (κ1) is 14.3. The van der Waals surface area contributed by atoms with Crippen molar-refractivity contribution in [3.63, 3.8) is 0 Å². The molecule has 0 bridgehead atoms. The number of aromatic nitrogens is 2. The van der Waals surface area contributed by atoms with E-state index >= 15 is 0 Å². The van der Waals surface area contributed by atoms with Gasteiger partial charge in [-0.2, -0.15) is 0 Å². The van der Waals surface area contributed by atoms with Gasteiger partial charge in [0.25, 0.3) is 0 Å². The second-order valence-electron chi connectivity index (χ2n) is 6.30. The molecular formula is C19H21N3O. The highest BCUT2D eigenvalue weighted by molar-refractivity contribution is 5.76. The highest BCUT2D eigenvalue weighted by atomic mass is 16.3. The first-order chi connectivity index (χ1) is 11.2. The molecule has 118 valence electrons. The fourth-order valence-electron chi connectivity index (χ4n) is 3.48. The third-order valence-corrected chi connectivity index (χ3v) is 4.73. The number of para-hydroxylation sites is 1. The van der Waals surface area contributed by atoms with E-state index in [1.165, 1.54) is 11.3 Å². The van der Waals surface area contributed by atoms with Crippen LogP contribution in [0.2, 0.25) is 0 Å². The standard InChI is InChI=1S/C19H21N3O/c1-21-13-20-16-11-15(8-9-18(16)21)19(23)12-22-10-4-6-14-5-2-3-7-17(14)22/h2-3,5,7-9,11,13,19,23H,4,6,10,12H2,1H3. The minimum Gasteiger partial charge on any atom is -0.387 e. The smallest absolute Gasteiger partial charge is 0.0965 e. The number of nitrogens with zero attached hydrogens (tertiary/aromatic N) is 3. The molecule has 1 aliphatic rings. The number of aryl methyl sites for hydroxylation is 2. The Labute approximate surface area is 136 Å². The fraction of sp³-hybridized carbons (Fsp3) is 0.316. The number of aliphatic hydroxyl groups excluding tert-OH is 1. The molecule has 3 aromatic rings. The zero-order chi connectivity index (χ0) is 15.8. The van der Waals surface area contributed by atoms with E-state index in [0.29, 0.717) is 6.54 Å². The van der Waals surface area contributed by atoms with Gasteiger partial charge in [0.2, 0.25) is 0 Å². The molecule has 2 heterocycles. The number of aliphatic hydroxyl groups is 1. The fourth-order valence-corrected chi connectivity index (χ4v) is 3.48.